The molecule has 0 bridgehead atoms. The Bertz CT molecular complexity index is 1400. The number of azide groups is 1. The largest absolute Gasteiger partial charge is 0.462 e. The molecule has 8 atom stereocenters. The quantitative estimate of drug-likeness (QED) is 0.0160. The fourth-order valence-corrected chi connectivity index (χ4v) is 11.4. The van der Waals surface area contributed by atoms with Crippen LogP contribution in [0.4, 0.5) is 0 Å². The summed E-state index contributed by atoms with van der Waals surface area (Å²) in [4.78, 5) is 27.9. The number of nitrogens with zero attached hydrogens (tertiary/aromatic N) is 3. The van der Waals surface area contributed by atoms with Crippen molar-refractivity contribution in [1.29, 1.82) is 0 Å². The van der Waals surface area contributed by atoms with E-state index in [1.165, 1.54) is 56.9 Å². The van der Waals surface area contributed by atoms with E-state index in [1.807, 2.05) is 0 Å². The average molecular weight is 907 g/mol. The maximum atomic E-state index is 12.8. The summed E-state index contributed by atoms with van der Waals surface area (Å²) < 4.78 is 49.6. The van der Waals surface area contributed by atoms with Gasteiger partial charge in [-0.25, -0.2) is 0 Å². The van der Waals surface area contributed by atoms with Crippen molar-refractivity contribution < 1.29 is 52.2 Å². The van der Waals surface area contributed by atoms with Crippen LogP contribution in [0.1, 0.15) is 118 Å². The molecule has 0 aromatic heterocycles. The zero-order chi connectivity index (χ0) is 45.9. The summed E-state index contributed by atoms with van der Waals surface area (Å²) in [5.74, 6) is 4.42. The number of hydrogen-bond acceptors (Lipinski definition) is 12. The molecule has 4 rings (SSSR count). The van der Waals surface area contributed by atoms with Gasteiger partial charge < -0.3 is 47.9 Å². The Morgan fingerprint density at radius 2 is 1.28 bits per heavy atom. The number of carbonyl (C=O) groups excluding carboxylic acids is 2. The molecule has 15 heteroatoms. The van der Waals surface area contributed by atoms with Crippen LogP contribution in [-0.2, 0) is 52.2 Å². The summed E-state index contributed by atoms with van der Waals surface area (Å²) in [6, 6.07) is 0. The molecule has 4 aliphatic carbocycles. The van der Waals surface area contributed by atoms with Gasteiger partial charge in [-0.1, -0.05) is 70.6 Å². The Labute approximate surface area is 385 Å². The Morgan fingerprint density at radius 1 is 0.719 bits per heavy atom. The number of carbonyl (C=O) groups is 2. The molecular formula is C49H86N4O11. The molecule has 368 valence electrons. The lowest BCUT2D eigenvalue weighted by atomic mass is 9.47. The Kier molecular flexibility index (Phi) is 26.2. The molecular weight excluding hydrogens is 821 g/mol. The highest BCUT2D eigenvalue weighted by Crippen LogP contribution is 2.67. The van der Waals surface area contributed by atoms with Crippen LogP contribution in [0.25, 0.3) is 10.4 Å². The monoisotopic (exact) mass is 907 g/mol. The highest BCUT2D eigenvalue weighted by Gasteiger charge is 2.59. The van der Waals surface area contributed by atoms with Gasteiger partial charge in [0.25, 0.3) is 0 Å². The summed E-state index contributed by atoms with van der Waals surface area (Å²) in [5.41, 5.74) is 10.4. The van der Waals surface area contributed by atoms with Crippen molar-refractivity contribution in [3.05, 3.63) is 22.1 Å². The van der Waals surface area contributed by atoms with E-state index < -0.39 is 0 Å². The SMILES string of the molecule is CC(C)CCC[C@@H](C)[C@H]1CC[C@H]2[C@@H]3CC=C4C[C@@H](OC(=O)CCC(=O)NCCOCCOCCOCCOCCOCCOCCOCCOCCN=[N+]=[N-])CC[C@]4(C)[C@H]3CC[C@]12C. The van der Waals surface area contributed by atoms with Crippen molar-refractivity contribution in [2.45, 2.75) is 124 Å². The standard InChI is InChI=1S/C49H86N4O11/c1-38(2)7-6-8-39(3)43-11-12-44-42-10-9-40-37-41(15-17-48(40,4)45(42)16-18-49(43,44)5)64-47(55)14-13-46(54)51-19-21-56-23-25-58-27-29-60-31-33-62-35-36-63-34-32-61-30-28-59-26-24-57-22-20-52-53-50/h9,38-39,41-45H,6-8,10-37H2,1-5H3,(H,51,54)/t39-,41+,42+,43-,44+,45+,48+,49-/m1/s1. The molecule has 3 fully saturated rings. The van der Waals surface area contributed by atoms with Gasteiger partial charge in [-0.15, -0.1) is 0 Å². The molecule has 0 saturated heterocycles. The fraction of sp³-hybridized carbons (Fsp3) is 0.918. The van der Waals surface area contributed by atoms with Crippen molar-refractivity contribution in [1.82, 2.24) is 5.32 Å². The number of hydrogen-bond donors (Lipinski definition) is 1. The first-order valence-electron chi connectivity index (χ1n) is 24.9. The Balaban J connectivity index is 0.917. The van der Waals surface area contributed by atoms with E-state index in [0.717, 1.165) is 54.8 Å². The zero-order valence-electron chi connectivity index (χ0n) is 40.4. The van der Waals surface area contributed by atoms with Crippen LogP contribution < -0.4 is 5.32 Å². The number of esters is 1. The average Bonchev–Trinajstić information content (AvgIpc) is 3.64. The Morgan fingerprint density at radius 3 is 1.84 bits per heavy atom. The second kappa shape index (κ2) is 30.9. The molecule has 0 heterocycles. The lowest BCUT2D eigenvalue weighted by Gasteiger charge is -2.58. The molecule has 64 heavy (non-hydrogen) atoms. The van der Waals surface area contributed by atoms with Crippen LogP contribution in [0.5, 0.6) is 0 Å². The van der Waals surface area contributed by atoms with Gasteiger partial charge in [0.15, 0.2) is 0 Å². The number of allylic oxidation sites excluding steroid dienone is 1. The van der Waals surface area contributed by atoms with Gasteiger partial charge in [0.1, 0.15) is 6.10 Å². The number of fused-ring (bicyclic) bond motifs is 5. The number of amides is 1. The van der Waals surface area contributed by atoms with Crippen molar-refractivity contribution in [2.75, 3.05) is 119 Å². The van der Waals surface area contributed by atoms with Gasteiger partial charge in [0.2, 0.25) is 5.91 Å². The predicted molar refractivity (Wildman–Crippen MR) is 246 cm³/mol. The first-order valence-corrected chi connectivity index (χ1v) is 24.9. The highest BCUT2D eigenvalue weighted by atomic mass is 16.6. The first-order chi connectivity index (χ1) is 31.1. The summed E-state index contributed by atoms with van der Waals surface area (Å²) >= 11 is 0. The van der Waals surface area contributed by atoms with Crippen molar-refractivity contribution >= 4 is 11.9 Å². The molecule has 3 saturated carbocycles. The second-order valence-corrected chi connectivity index (χ2v) is 19.3. The number of ether oxygens (including phenoxy) is 9. The molecule has 0 aliphatic heterocycles. The van der Waals surface area contributed by atoms with E-state index in [-0.39, 0.29) is 36.2 Å². The maximum absolute atomic E-state index is 12.8. The van der Waals surface area contributed by atoms with Crippen LogP contribution in [0.15, 0.2) is 16.8 Å². The summed E-state index contributed by atoms with van der Waals surface area (Å²) in [6.07, 6.45) is 16.3. The molecule has 4 aliphatic rings. The summed E-state index contributed by atoms with van der Waals surface area (Å²) in [7, 11) is 0. The van der Waals surface area contributed by atoms with Gasteiger partial charge in [-0.2, -0.15) is 0 Å². The van der Waals surface area contributed by atoms with E-state index in [9.17, 15) is 9.59 Å². The lowest BCUT2D eigenvalue weighted by Crippen LogP contribution is -2.51. The molecule has 1 amide bonds. The second-order valence-electron chi connectivity index (χ2n) is 19.3. The third-order valence-electron chi connectivity index (χ3n) is 14.7. The van der Waals surface area contributed by atoms with Gasteiger partial charge in [-0.05, 0) is 96.8 Å². The number of rotatable bonds is 36. The topological polar surface area (TPSA) is 178 Å². The predicted octanol–water partition coefficient (Wildman–Crippen LogP) is 8.28. The molecule has 0 aromatic rings. The van der Waals surface area contributed by atoms with Gasteiger partial charge >= 0.3 is 5.97 Å². The number of nitrogens with one attached hydrogen (secondary N) is 1. The van der Waals surface area contributed by atoms with Gasteiger partial charge in [0, 0.05) is 30.8 Å². The van der Waals surface area contributed by atoms with Crippen LogP contribution in [0.2, 0.25) is 0 Å². The fourth-order valence-electron chi connectivity index (χ4n) is 11.4. The molecule has 0 aromatic carbocycles. The Hall–Kier alpha value is -2.33. The summed E-state index contributed by atoms with van der Waals surface area (Å²) in [5, 5.41) is 6.22. The third kappa shape index (κ3) is 18.7. The lowest BCUT2D eigenvalue weighted by molar-refractivity contribution is -0.152. The smallest absolute Gasteiger partial charge is 0.306 e. The minimum atomic E-state index is -0.278. The zero-order valence-corrected chi connectivity index (χ0v) is 40.4. The van der Waals surface area contributed by atoms with Crippen molar-refractivity contribution in [3.63, 3.8) is 0 Å². The van der Waals surface area contributed by atoms with E-state index in [0.29, 0.717) is 124 Å². The molecule has 0 spiro atoms. The van der Waals surface area contributed by atoms with Gasteiger partial charge in [0.05, 0.1) is 112 Å². The minimum absolute atomic E-state index is 0.0894. The molecule has 0 unspecified atom stereocenters. The maximum Gasteiger partial charge on any atom is 0.306 e. The molecule has 0 radical (unpaired) electrons. The summed E-state index contributed by atoms with van der Waals surface area (Å²) in [6.45, 7) is 20.4. The van der Waals surface area contributed by atoms with Crippen LogP contribution in [0.3, 0.4) is 0 Å². The van der Waals surface area contributed by atoms with E-state index in [4.69, 9.17) is 48.2 Å². The highest BCUT2D eigenvalue weighted by molar-refractivity contribution is 5.81. The van der Waals surface area contributed by atoms with Crippen LogP contribution in [-0.4, -0.2) is 137 Å². The van der Waals surface area contributed by atoms with E-state index >= 15 is 0 Å². The third-order valence-corrected chi connectivity index (χ3v) is 14.7. The van der Waals surface area contributed by atoms with E-state index in [2.05, 4.69) is 56.0 Å². The normalized spacial score (nSPS) is 26.7. The van der Waals surface area contributed by atoms with Gasteiger partial charge in [-0.3, -0.25) is 9.59 Å². The van der Waals surface area contributed by atoms with Crippen LogP contribution in [0, 0.1) is 46.3 Å². The first kappa shape index (κ1) is 54.3. The molecule has 1 N–H and O–H groups in total. The van der Waals surface area contributed by atoms with Crippen LogP contribution >= 0.6 is 0 Å². The van der Waals surface area contributed by atoms with Crippen molar-refractivity contribution in [2.24, 2.45) is 51.5 Å². The molecule has 15 nitrogen and oxygen atoms in total. The minimum Gasteiger partial charge on any atom is -0.462 e. The van der Waals surface area contributed by atoms with E-state index in [1.54, 1.807) is 0 Å². The van der Waals surface area contributed by atoms with Crippen molar-refractivity contribution in [3.8, 4) is 0 Å².